The van der Waals surface area contributed by atoms with Gasteiger partial charge in [-0.25, -0.2) is 0 Å². The van der Waals surface area contributed by atoms with Crippen LogP contribution in [0.15, 0.2) is 24.3 Å². The van der Waals surface area contributed by atoms with Crippen LogP contribution in [0, 0.1) is 5.92 Å². The molecule has 1 aliphatic carbocycles. The molecule has 0 amide bonds. The molecule has 2 rings (SSSR count). The van der Waals surface area contributed by atoms with Crippen molar-refractivity contribution in [2.45, 2.75) is 58.5 Å². The molecular formula is C17H27NO. The van der Waals surface area contributed by atoms with Crippen molar-refractivity contribution in [3.05, 3.63) is 29.8 Å². The van der Waals surface area contributed by atoms with E-state index in [0.29, 0.717) is 17.5 Å². The van der Waals surface area contributed by atoms with E-state index in [-0.39, 0.29) is 0 Å². The van der Waals surface area contributed by atoms with E-state index in [0.717, 1.165) is 12.4 Å². The Morgan fingerprint density at radius 2 is 1.79 bits per heavy atom. The van der Waals surface area contributed by atoms with Gasteiger partial charge in [0.15, 0.2) is 0 Å². The second-order valence-corrected chi connectivity index (χ2v) is 6.55. The van der Waals surface area contributed by atoms with E-state index in [1.807, 2.05) is 0 Å². The number of rotatable bonds is 6. The van der Waals surface area contributed by atoms with Crippen LogP contribution in [-0.2, 0) is 0 Å². The predicted molar refractivity (Wildman–Crippen MR) is 80.6 cm³/mol. The fraction of sp³-hybridized carbons (Fsp3) is 0.647. The Morgan fingerprint density at radius 1 is 1.16 bits per heavy atom. The van der Waals surface area contributed by atoms with E-state index in [4.69, 9.17) is 4.74 Å². The Bertz CT molecular complexity index is 392. The first kappa shape index (κ1) is 14.4. The van der Waals surface area contributed by atoms with E-state index in [9.17, 15) is 0 Å². The van der Waals surface area contributed by atoms with Crippen LogP contribution in [0.2, 0.25) is 0 Å². The van der Waals surface area contributed by atoms with E-state index < -0.39 is 0 Å². The van der Waals surface area contributed by atoms with Crippen molar-refractivity contribution in [2.24, 2.45) is 5.92 Å². The fourth-order valence-electron chi connectivity index (χ4n) is 2.57. The van der Waals surface area contributed by atoms with Gasteiger partial charge in [-0.05, 0) is 56.7 Å². The van der Waals surface area contributed by atoms with Crippen LogP contribution in [0.3, 0.4) is 0 Å². The SMILES string of the molecule is CC(C)COc1ccc(C(C)NC2(C)CCC2)cc1. The molecule has 0 radical (unpaired) electrons. The molecule has 1 saturated carbocycles. The zero-order chi connectivity index (χ0) is 13.9. The molecule has 0 bridgehead atoms. The Balaban J connectivity index is 1.90. The van der Waals surface area contributed by atoms with Gasteiger partial charge in [0.05, 0.1) is 6.61 Å². The first-order valence-electron chi connectivity index (χ1n) is 7.49. The molecule has 0 aromatic heterocycles. The van der Waals surface area contributed by atoms with Gasteiger partial charge in [0.25, 0.3) is 0 Å². The summed E-state index contributed by atoms with van der Waals surface area (Å²) in [5.74, 6) is 1.54. The van der Waals surface area contributed by atoms with Gasteiger partial charge >= 0.3 is 0 Å². The highest BCUT2D eigenvalue weighted by molar-refractivity contribution is 5.29. The molecule has 2 heteroatoms. The fourth-order valence-corrected chi connectivity index (χ4v) is 2.57. The smallest absolute Gasteiger partial charge is 0.119 e. The molecule has 1 fully saturated rings. The van der Waals surface area contributed by atoms with E-state index in [1.54, 1.807) is 0 Å². The largest absolute Gasteiger partial charge is 0.493 e. The lowest BCUT2D eigenvalue weighted by atomic mass is 9.78. The minimum atomic E-state index is 0.353. The van der Waals surface area contributed by atoms with Crippen LogP contribution in [0.5, 0.6) is 5.75 Å². The van der Waals surface area contributed by atoms with Gasteiger partial charge in [0.1, 0.15) is 5.75 Å². The predicted octanol–water partition coefficient (Wildman–Crippen LogP) is 4.31. The Hall–Kier alpha value is -1.02. The maximum absolute atomic E-state index is 5.72. The highest BCUT2D eigenvalue weighted by Gasteiger charge is 2.32. The maximum atomic E-state index is 5.72. The van der Waals surface area contributed by atoms with Crippen LogP contribution >= 0.6 is 0 Å². The summed E-state index contributed by atoms with van der Waals surface area (Å²) < 4.78 is 5.72. The van der Waals surface area contributed by atoms with Crippen LogP contribution < -0.4 is 10.1 Å². The average Bonchev–Trinajstić information content (AvgIpc) is 2.35. The summed E-state index contributed by atoms with van der Waals surface area (Å²) in [4.78, 5) is 0. The van der Waals surface area contributed by atoms with E-state index in [2.05, 4.69) is 57.3 Å². The van der Waals surface area contributed by atoms with Gasteiger partial charge < -0.3 is 10.1 Å². The third kappa shape index (κ3) is 3.97. The highest BCUT2D eigenvalue weighted by Crippen LogP contribution is 2.33. The van der Waals surface area contributed by atoms with Gasteiger partial charge in [0.2, 0.25) is 0 Å². The van der Waals surface area contributed by atoms with Crippen LogP contribution in [0.1, 0.15) is 58.6 Å². The van der Waals surface area contributed by atoms with Gasteiger partial charge in [-0.2, -0.15) is 0 Å². The average molecular weight is 261 g/mol. The number of hydrogen-bond acceptors (Lipinski definition) is 2. The minimum absolute atomic E-state index is 0.353. The van der Waals surface area contributed by atoms with E-state index >= 15 is 0 Å². The molecule has 1 atom stereocenters. The molecule has 1 aliphatic rings. The highest BCUT2D eigenvalue weighted by atomic mass is 16.5. The van der Waals surface area contributed by atoms with Crippen molar-refractivity contribution in [1.29, 1.82) is 0 Å². The summed E-state index contributed by atoms with van der Waals surface area (Å²) in [6, 6.07) is 8.92. The lowest BCUT2D eigenvalue weighted by Crippen LogP contribution is -2.49. The zero-order valence-electron chi connectivity index (χ0n) is 12.7. The number of benzene rings is 1. The van der Waals surface area contributed by atoms with Gasteiger partial charge in [-0.15, -0.1) is 0 Å². The molecule has 2 nitrogen and oxygen atoms in total. The van der Waals surface area contributed by atoms with Crippen LogP contribution in [-0.4, -0.2) is 12.1 Å². The molecule has 106 valence electrons. The third-order valence-electron chi connectivity index (χ3n) is 3.99. The summed E-state index contributed by atoms with van der Waals surface area (Å²) >= 11 is 0. The molecule has 0 heterocycles. The topological polar surface area (TPSA) is 21.3 Å². The number of hydrogen-bond donors (Lipinski definition) is 1. The summed E-state index contributed by atoms with van der Waals surface area (Å²) in [5, 5.41) is 3.74. The molecule has 1 unspecified atom stereocenters. The van der Waals surface area contributed by atoms with Crippen molar-refractivity contribution in [1.82, 2.24) is 5.32 Å². The second kappa shape index (κ2) is 5.96. The quantitative estimate of drug-likeness (QED) is 0.823. The summed E-state index contributed by atoms with van der Waals surface area (Å²) in [6.45, 7) is 9.69. The molecule has 1 N–H and O–H groups in total. The first-order chi connectivity index (χ1) is 8.98. The summed E-state index contributed by atoms with van der Waals surface area (Å²) in [7, 11) is 0. The zero-order valence-corrected chi connectivity index (χ0v) is 12.7. The Labute approximate surface area is 117 Å². The van der Waals surface area contributed by atoms with Gasteiger partial charge in [0, 0.05) is 11.6 Å². The molecule has 19 heavy (non-hydrogen) atoms. The maximum Gasteiger partial charge on any atom is 0.119 e. The molecule has 1 aromatic carbocycles. The monoisotopic (exact) mass is 261 g/mol. The molecule has 0 saturated heterocycles. The molecule has 0 spiro atoms. The Kier molecular flexibility index (Phi) is 4.51. The van der Waals surface area contributed by atoms with Crippen LogP contribution in [0.25, 0.3) is 0 Å². The molecule has 1 aromatic rings. The molecule has 0 aliphatic heterocycles. The van der Waals surface area contributed by atoms with Crippen molar-refractivity contribution >= 4 is 0 Å². The second-order valence-electron chi connectivity index (χ2n) is 6.55. The van der Waals surface area contributed by atoms with Gasteiger partial charge in [-0.3, -0.25) is 0 Å². The van der Waals surface area contributed by atoms with E-state index in [1.165, 1.54) is 24.8 Å². The Morgan fingerprint density at radius 3 is 2.26 bits per heavy atom. The van der Waals surface area contributed by atoms with Gasteiger partial charge in [-0.1, -0.05) is 26.0 Å². The first-order valence-corrected chi connectivity index (χ1v) is 7.49. The molecular weight excluding hydrogens is 234 g/mol. The lowest BCUT2D eigenvalue weighted by Gasteiger charge is -2.41. The lowest BCUT2D eigenvalue weighted by molar-refractivity contribution is 0.190. The van der Waals surface area contributed by atoms with Crippen molar-refractivity contribution < 1.29 is 4.74 Å². The van der Waals surface area contributed by atoms with Crippen molar-refractivity contribution in [2.75, 3.05) is 6.61 Å². The number of nitrogens with one attached hydrogen (secondary N) is 1. The van der Waals surface area contributed by atoms with Crippen molar-refractivity contribution in [3.8, 4) is 5.75 Å². The number of ether oxygens (including phenoxy) is 1. The third-order valence-corrected chi connectivity index (χ3v) is 3.99. The summed E-state index contributed by atoms with van der Waals surface area (Å²) in [5.41, 5.74) is 1.69. The standard InChI is InChI=1S/C17H27NO/c1-13(2)12-19-16-8-6-15(7-9-16)14(3)18-17(4)10-5-11-17/h6-9,13-14,18H,5,10-12H2,1-4H3. The normalized spacial score (nSPS) is 19.0. The van der Waals surface area contributed by atoms with Crippen molar-refractivity contribution in [3.63, 3.8) is 0 Å². The minimum Gasteiger partial charge on any atom is -0.493 e. The summed E-state index contributed by atoms with van der Waals surface area (Å²) in [6.07, 6.45) is 3.96. The van der Waals surface area contributed by atoms with Crippen LogP contribution in [0.4, 0.5) is 0 Å².